The van der Waals surface area contributed by atoms with Crippen LogP contribution in [-0.4, -0.2) is 37.8 Å². The number of pyridine rings is 1. The normalized spacial score (nSPS) is 19.3. The second-order valence-electron chi connectivity index (χ2n) is 6.30. The summed E-state index contributed by atoms with van der Waals surface area (Å²) in [6, 6.07) is 15.8. The molecule has 2 atom stereocenters. The molecule has 0 bridgehead atoms. The first-order chi connectivity index (χ1) is 13.2. The fraction of sp³-hybridized carbons (Fsp3) is 0.200. The van der Waals surface area contributed by atoms with Gasteiger partial charge < -0.3 is 19.9 Å². The summed E-state index contributed by atoms with van der Waals surface area (Å²) in [5.74, 6) is -0.299. The Kier molecular flexibility index (Phi) is 4.87. The average Bonchev–Trinajstić information content (AvgIpc) is 3.28. The summed E-state index contributed by atoms with van der Waals surface area (Å²) in [4.78, 5) is 6.41. The molecule has 3 aromatic rings. The van der Waals surface area contributed by atoms with Crippen LogP contribution in [0.1, 0.15) is 23.5 Å². The molecule has 138 valence electrons. The molecule has 2 aromatic heterocycles. The number of aliphatic hydroxyl groups is 1. The van der Waals surface area contributed by atoms with Gasteiger partial charge in [-0.25, -0.2) is 4.39 Å². The summed E-state index contributed by atoms with van der Waals surface area (Å²) < 4.78 is 16.3. The predicted molar refractivity (Wildman–Crippen MR) is 105 cm³/mol. The molecule has 3 heterocycles. The van der Waals surface area contributed by atoms with Crippen LogP contribution in [0.25, 0.3) is 5.69 Å². The van der Waals surface area contributed by atoms with Crippen LogP contribution in [0.5, 0.6) is 0 Å². The first-order valence-electron chi connectivity index (χ1n) is 8.72. The highest BCUT2D eigenvalue weighted by Gasteiger charge is 2.41. The Hall–Kier alpha value is -2.77. The first-order valence-corrected chi connectivity index (χ1v) is 9.12. The van der Waals surface area contributed by atoms with Gasteiger partial charge in [0.25, 0.3) is 0 Å². The Morgan fingerprint density at radius 3 is 2.67 bits per heavy atom. The minimum Gasteiger partial charge on any atom is -0.395 e. The van der Waals surface area contributed by atoms with Gasteiger partial charge in [0.2, 0.25) is 0 Å². The van der Waals surface area contributed by atoms with E-state index in [1.807, 2.05) is 46.0 Å². The highest BCUT2D eigenvalue weighted by atomic mass is 32.1. The molecular weight excluding hydrogens is 363 g/mol. The van der Waals surface area contributed by atoms with Gasteiger partial charge >= 0.3 is 0 Å². The average molecular weight is 382 g/mol. The second kappa shape index (κ2) is 7.46. The monoisotopic (exact) mass is 382 g/mol. The van der Waals surface area contributed by atoms with Crippen LogP contribution >= 0.6 is 12.2 Å². The van der Waals surface area contributed by atoms with Crippen molar-refractivity contribution in [1.82, 2.24) is 19.8 Å². The lowest BCUT2D eigenvalue weighted by molar-refractivity contribution is 0.220. The molecule has 0 amide bonds. The third kappa shape index (κ3) is 3.20. The molecule has 0 spiro atoms. The molecule has 27 heavy (non-hydrogen) atoms. The van der Waals surface area contributed by atoms with Crippen molar-refractivity contribution in [2.45, 2.75) is 12.1 Å². The third-order valence-corrected chi connectivity index (χ3v) is 5.09. The Balaban J connectivity index is 1.83. The number of benzene rings is 1. The molecule has 4 rings (SSSR count). The molecule has 0 radical (unpaired) electrons. The molecule has 1 saturated heterocycles. The van der Waals surface area contributed by atoms with Crippen molar-refractivity contribution >= 4 is 17.3 Å². The quantitative estimate of drug-likeness (QED) is 0.665. The van der Waals surface area contributed by atoms with Crippen molar-refractivity contribution in [3.8, 4) is 5.69 Å². The lowest BCUT2D eigenvalue weighted by atomic mass is 10.0. The zero-order chi connectivity index (χ0) is 18.8. The Labute approximate surface area is 162 Å². The number of hydrogen-bond acceptors (Lipinski definition) is 3. The van der Waals surface area contributed by atoms with Crippen molar-refractivity contribution in [2.75, 3.05) is 13.2 Å². The van der Waals surface area contributed by atoms with Gasteiger partial charge in [-0.3, -0.25) is 4.98 Å². The molecule has 1 aliphatic rings. The van der Waals surface area contributed by atoms with Crippen LogP contribution < -0.4 is 5.32 Å². The maximum absolute atomic E-state index is 14.4. The number of thiocarbonyl (C=S) groups is 1. The summed E-state index contributed by atoms with van der Waals surface area (Å²) in [6.07, 6.45) is 3.57. The van der Waals surface area contributed by atoms with Crippen LogP contribution in [-0.2, 0) is 0 Å². The van der Waals surface area contributed by atoms with Crippen LogP contribution in [0.2, 0.25) is 0 Å². The number of nitrogens with one attached hydrogen (secondary N) is 1. The molecule has 0 aliphatic carbocycles. The van der Waals surface area contributed by atoms with Gasteiger partial charge in [-0.15, -0.1) is 0 Å². The van der Waals surface area contributed by atoms with E-state index in [-0.39, 0.29) is 24.5 Å². The fourth-order valence-electron chi connectivity index (χ4n) is 3.58. The molecule has 7 heteroatoms. The van der Waals surface area contributed by atoms with Gasteiger partial charge in [-0.1, -0.05) is 18.2 Å². The lowest BCUT2D eigenvalue weighted by Crippen LogP contribution is -2.33. The van der Waals surface area contributed by atoms with Crippen molar-refractivity contribution < 1.29 is 9.50 Å². The maximum Gasteiger partial charge on any atom is 0.170 e. The first kappa shape index (κ1) is 17.6. The number of halogens is 1. The van der Waals surface area contributed by atoms with E-state index in [9.17, 15) is 9.50 Å². The number of aromatic nitrogens is 2. The zero-order valence-electron chi connectivity index (χ0n) is 14.5. The number of hydrogen-bond donors (Lipinski definition) is 2. The Morgan fingerprint density at radius 2 is 1.93 bits per heavy atom. The molecule has 5 nitrogen and oxygen atoms in total. The number of rotatable bonds is 5. The summed E-state index contributed by atoms with van der Waals surface area (Å²) in [5.41, 5.74) is 2.18. The largest absolute Gasteiger partial charge is 0.395 e. The summed E-state index contributed by atoms with van der Waals surface area (Å²) >= 11 is 5.51. The molecular formula is C20H19FN4OS. The topological polar surface area (TPSA) is 53.3 Å². The van der Waals surface area contributed by atoms with E-state index in [0.29, 0.717) is 17.3 Å². The van der Waals surface area contributed by atoms with Crippen molar-refractivity contribution in [3.63, 3.8) is 0 Å². The molecule has 0 saturated carbocycles. The highest BCUT2D eigenvalue weighted by Crippen LogP contribution is 2.39. The molecule has 1 fully saturated rings. The van der Waals surface area contributed by atoms with Crippen LogP contribution in [0.15, 0.2) is 67.0 Å². The van der Waals surface area contributed by atoms with E-state index >= 15 is 0 Å². The summed E-state index contributed by atoms with van der Waals surface area (Å²) in [6.45, 7) is 0.343. The minimum atomic E-state index is -0.299. The van der Waals surface area contributed by atoms with Gasteiger partial charge in [-0.05, 0) is 48.6 Å². The summed E-state index contributed by atoms with van der Waals surface area (Å²) in [7, 11) is 0. The Morgan fingerprint density at radius 1 is 1.11 bits per heavy atom. The third-order valence-electron chi connectivity index (χ3n) is 4.73. The SMILES string of the molecule is OCCN1C(=S)N[C@@H](c2ccccn2)[C@@H]1c1cccn1-c1ccccc1F. The van der Waals surface area contributed by atoms with Gasteiger partial charge in [0.05, 0.1) is 30.1 Å². The predicted octanol–water partition coefficient (Wildman–Crippen LogP) is 2.98. The number of para-hydroxylation sites is 1. The second-order valence-corrected chi connectivity index (χ2v) is 6.68. The van der Waals surface area contributed by atoms with Crippen LogP contribution in [0, 0.1) is 5.82 Å². The van der Waals surface area contributed by atoms with Gasteiger partial charge in [0.15, 0.2) is 5.11 Å². The standard InChI is InChI=1S/C20H19FN4OS/c21-14-6-1-2-8-16(14)24-11-5-9-17(24)19-18(15-7-3-4-10-22-15)23-20(27)25(19)12-13-26/h1-11,18-19,26H,12-13H2,(H,23,27)/t18-,19-/m0/s1. The number of aliphatic hydroxyl groups excluding tert-OH is 1. The van der Waals surface area contributed by atoms with E-state index in [4.69, 9.17) is 12.2 Å². The van der Waals surface area contributed by atoms with Crippen LogP contribution in [0.3, 0.4) is 0 Å². The Bertz CT molecular complexity index is 946. The van der Waals surface area contributed by atoms with E-state index < -0.39 is 0 Å². The van der Waals surface area contributed by atoms with E-state index in [0.717, 1.165) is 11.4 Å². The number of nitrogens with zero attached hydrogens (tertiary/aromatic N) is 3. The zero-order valence-corrected chi connectivity index (χ0v) is 15.3. The molecule has 2 N–H and O–H groups in total. The van der Waals surface area contributed by atoms with Gasteiger partial charge in [0, 0.05) is 24.6 Å². The van der Waals surface area contributed by atoms with E-state index in [1.165, 1.54) is 6.07 Å². The smallest absolute Gasteiger partial charge is 0.170 e. The van der Waals surface area contributed by atoms with E-state index in [2.05, 4.69) is 10.3 Å². The lowest BCUT2D eigenvalue weighted by Gasteiger charge is -2.28. The fourth-order valence-corrected chi connectivity index (χ4v) is 3.91. The summed E-state index contributed by atoms with van der Waals surface area (Å²) in [5, 5.41) is 13.4. The molecule has 0 unspecified atom stereocenters. The minimum absolute atomic E-state index is 0.0341. The van der Waals surface area contributed by atoms with Crippen molar-refractivity contribution in [1.29, 1.82) is 0 Å². The van der Waals surface area contributed by atoms with Crippen LogP contribution in [0.4, 0.5) is 4.39 Å². The van der Waals surface area contributed by atoms with Crippen molar-refractivity contribution in [2.24, 2.45) is 0 Å². The maximum atomic E-state index is 14.4. The van der Waals surface area contributed by atoms with E-state index in [1.54, 1.807) is 24.4 Å². The number of β-amino-alcohol motifs (C(OH)–C–C–N with tert-alkyl or cyclic N) is 1. The van der Waals surface area contributed by atoms with Gasteiger partial charge in [-0.2, -0.15) is 0 Å². The van der Waals surface area contributed by atoms with Crippen molar-refractivity contribution in [3.05, 3.63) is 84.2 Å². The molecule has 1 aliphatic heterocycles. The van der Waals surface area contributed by atoms with Gasteiger partial charge in [0.1, 0.15) is 5.82 Å². The molecule has 1 aromatic carbocycles. The highest BCUT2D eigenvalue weighted by molar-refractivity contribution is 7.80.